The molecule has 0 rings (SSSR count). The van der Waals surface area contributed by atoms with Gasteiger partial charge >= 0.3 is 47.8 Å². The molecule has 0 unspecified atom stereocenters. The summed E-state index contributed by atoms with van der Waals surface area (Å²) in [6, 6.07) is 0. The van der Waals surface area contributed by atoms with Gasteiger partial charge in [0.25, 0.3) is 0 Å². The molecular weight excluding hydrogens is 959 g/mol. The second-order valence-corrected chi connectivity index (χ2v) is 17.0. The van der Waals surface area contributed by atoms with Gasteiger partial charge in [0.2, 0.25) is 0 Å². The van der Waals surface area contributed by atoms with E-state index in [0.29, 0.717) is 50.8 Å². The maximum atomic E-state index is 11.3. The van der Waals surface area contributed by atoms with Crippen molar-refractivity contribution in [2.75, 3.05) is 37.9 Å². The zero-order valence-electron chi connectivity index (χ0n) is 42.6. The minimum absolute atomic E-state index is 0. The molecule has 380 valence electrons. The zero-order valence-corrected chi connectivity index (χ0v) is 47.1. The fourth-order valence-corrected chi connectivity index (χ4v) is 6.11. The minimum Gasteiger partial charge on any atom is -0.789 e. The summed E-state index contributed by atoms with van der Waals surface area (Å²) in [4.78, 5) is 43.3. The Balaban J connectivity index is -0.000000267. The number of allylic oxidation sites excluding steroid dienone is 4. The summed E-state index contributed by atoms with van der Waals surface area (Å²) in [5.74, 6) is 0.405. The summed E-state index contributed by atoms with van der Waals surface area (Å²) in [6.45, 7) is 17.3. The summed E-state index contributed by atoms with van der Waals surface area (Å²) in [5, 5.41) is 0. The van der Waals surface area contributed by atoms with Crippen LogP contribution in [0.1, 0.15) is 246 Å². The average Bonchev–Trinajstić information content (AvgIpc) is 3.30. The molecule has 0 aliphatic carbocycles. The summed E-state index contributed by atoms with van der Waals surface area (Å²) >= 11 is 9.47. The van der Waals surface area contributed by atoms with Crippen LogP contribution in [0.3, 0.4) is 0 Å². The van der Waals surface area contributed by atoms with E-state index in [9.17, 15) is 19.2 Å². The van der Waals surface area contributed by atoms with Crippen molar-refractivity contribution in [1.29, 1.82) is 0 Å². The molecule has 0 amide bonds. The third kappa shape index (κ3) is 77.4. The number of ether oxygens (including phenoxy) is 4. The Labute approximate surface area is 430 Å². The first kappa shape index (κ1) is 72.8. The second-order valence-electron chi connectivity index (χ2n) is 16.2. The molecule has 0 aliphatic rings. The van der Waals surface area contributed by atoms with Crippen LogP contribution >= 0.6 is 0 Å². The molecule has 0 spiro atoms. The van der Waals surface area contributed by atoms with E-state index in [1.165, 1.54) is 141 Å². The van der Waals surface area contributed by atoms with E-state index in [1.807, 2.05) is 0 Å². The first-order chi connectivity index (χ1) is 31.2. The molecule has 0 aliphatic heterocycles. The predicted molar refractivity (Wildman–Crippen MR) is 283 cm³/mol. The molecule has 8 nitrogen and oxygen atoms in total. The maximum Gasteiger partial charge on any atom is 2.00 e. The molecule has 0 saturated carbocycles. The van der Waals surface area contributed by atoms with Gasteiger partial charge in [-0.2, -0.15) is 0 Å². The summed E-state index contributed by atoms with van der Waals surface area (Å²) in [5.41, 5.74) is 0. The fourth-order valence-electron chi connectivity index (χ4n) is 5.94. The molecule has 0 atom stereocenters. The summed E-state index contributed by atoms with van der Waals surface area (Å²) < 4.78 is 19.4. The second kappa shape index (κ2) is 69.4. The molecule has 0 bridgehead atoms. The normalized spacial score (nSPS) is 10.5. The molecule has 0 aromatic heterocycles. The van der Waals surface area contributed by atoms with Gasteiger partial charge in [0.15, 0.2) is 0 Å². The van der Waals surface area contributed by atoms with Crippen molar-refractivity contribution in [3.8, 4) is 0 Å². The Morgan fingerprint density at radius 1 is 0.354 bits per heavy atom. The molecule has 0 heterocycles. The van der Waals surface area contributed by atoms with Crippen LogP contribution < -0.4 is 0 Å². The van der Waals surface area contributed by atoms with E-state index in [1.54, 1.807) is 0 Å². The molecular formula is C54H100O8S2Sn. The monoisotopic (exact) mass is 1060 g/mol. The molecule has 65 heavy (non-hydrogen) atoms. The Kier molecular flexibility index (Phi) is 77.8. The van der Waals surface area contributed by atoms with Crippen molar-refractivity contribution < 1.29 is 38.1 Å². The number of carbonyl (C=O) groups is 4. The van der Waals surface area contributed by atoms with E-state index in [4.69, 9.17) is 44.2 Å². The quantitative estimate of drug-likeness (QED) is 0.0147. The van der Waals surface area contributed by atoms with Crippen LogP contribution in [0.25, 0.3) is 0 Å². The fraction of sp³-hybridized carbons (Fsp3) is 0.815. The SMILES string of the molecule is CCCCCCCC/C=C\CCCCCCCC(=O)OCC[S-].CCCCCCCC/C=C\CCCCCCCC(=O)OCC[S-].[CH2]CC(=O)OCCCC.[CH2]CC(=O)OCCCC.[Sn+2]. The largest absolute Gasteiger partial charge is 2.00 e. The van der Waals surface area contributed by atoms with Gasteiger partial charge in [-0.25, -0.2) is 0 Å². The summed E-state index contributed by atoms with van der Waals surface area (Å²) in [7, 11) is 0. The number of hydrogen-bond donors (Lipinski definition) is 0. The van der Waals surface area contributed by atoms with E-state index in [-0.39, 0.29) is 60.6 Å². The van der Waals surface area contributed by atoms with Crippen molar-refractivity contribution in [3.63, 3.8) is 0 Å². The third-order valence-electron chi connectivity index (χ3n) is 9.91. The van der Waals surface area contributed by atoms with Crippen LogP contribution in [0, 0.1) is 13.8 Å². The third-order valence-corrected chi connectivity index (χ3v) is 10.2. The van der Waals surface area contributed by atoms with E-state index < -0.39 is 0 Å². The Morgan fingerprint density at radius 3 is 0.862 bits per heavy atom. The average molecular weight is 1060 g/mol. The molecule has 4 radical (unpaired) electrons. The van der Waals surface area contributed by atoms with Crippen LogP contribution in [0.2, 0.25) is 0 Å². The Morgan fingerprint density at radius 2 is 0.600 bits per heavy atom. The molecule has 0 N–H and O–H groups in total. The van der Waals surface area contributed by atoms with Gasteiger partial charge in [-0.05, 0) is 90.9 Å². The summed E-state index contributed by atoms with van der Waals surface area (Å²) in [6.07, 6.45) is 48.1. The first-order valence-electron chi connectivity index (χ1n) is 25.9. The van der Waals surface area contributed by atoms with Crippen LogP contribution in [0.4, 0.5) is 0 Å². The van der Waals surface area contributed by atoms with Gasteiger partial charge < -0.3 is 44.2 Å². The zero-order chi connectivity index (χ0) is 48.3. The van der Waals surface area contributed by atoms with Gasteiger partial charge in [0.05, 0.1) is 26.4 Å². The Bertz CT molecular complexity index is 933. The molecule has 0 aromatic carbocycles. The van der Waals surface area contributed by atoms with Crippen LogP contribution in [0.5, 0.6) is 0 Å². The van der Waals surface area contributed by atoms with Crippen molar-refractivity contribution in [2.24, 2.45) is 0 Å². The number of esters is 4. The number of carbonyl (C=O) groups excluding carboxylic acids is 4. The molecule has 0 saturated heterocycles. The standard InChI is InChI=1S/2C20H38O2S.2C7H13O2.Sn/c2*1-2-3-4-5-6-7-8-9-10-11-12-13-14-15-16-17-20(21)22-18-19-23;2*1-3-5-6-9-7(8)4-2;/h2*9-10,23H,2-8,11-19H2,1H3;2*2-6H2,1H3;/q;;;;+2/p-2/b2*10-9-;;;. The van der Waals surface area contributed by atoms with Gasteiger partial charge in [-0.3, -0.25) is 19.2 Å². The van der Waals surface area contributed by atoms with E-state index >= 15 is 0 Å². The van der Waals surface area contributed by atoms with Crippen molar-refractivity contribution in [1.82, 2.24) is 0 Å². The van der Waals surface area contributed by atoms with Gasteiger partial charge in [0, 0.05) is 25.7 Å². The predicted octanol–water partition coefficient (Wildman–Crippen LogP) is 15.0. The van der Waals surface area contributed by atoms with Crippen LogP contribution in [-0.4, -0.2) is 85.7 Å². The van der Waals surface area contributed by atoms with E-state index in [0.717, 1.165) is 51.4 Å². The van der Waals surface area contributed by atoms with Crippen molar-refractivity contribution in [3.05, 3.63) is 38.2 Å². The maximum absolute atomic E-state index is 11.3. The number of rotatable bonds is 42. The topological polar surface area (TPSA) is 105 Å². The number of hydrogen-bond acceptors (Lipinski definition) is 10. The van der Waals surface area contributed by atoms with Gasteiger partial charge in [-0.15, -0.1) is 11.5 Å². The smallest absolute Gasteiger partial charge is 0.789 e. The Hall–Kier alpha value is -1.14. The van der Waals surface area contributed by atoms with Crippen molar-refractivity contribution >= 4 is 73.0 Å². The van der Waals surface area contributed by atoms with Gasteiger partial charge in [-0.1, -0.05) is 168 Å². The van der Waals surface area contributed by atoms with Crippen LogP contribution in [-0.2, 0) is 63.4 Å². The van der Waals surface area contributed by atoms with Crippen LogP contribution in [0.15, 0.2) is 24.3 Å². The molecule has 11 heteroatoms. The molecule has 0 aromatic rings. The van der Waals surface area contributed by atoms with E-state index in [2.05, 4.69) is 65.8 Å². The van der Waals surface area contributed by atoms with Gasteiger partial charge in [0.1, 0.15) is 0 Å². The van der Waals surface area contributed by atoms with Crippen molar-refractivity contribution in [2.45, 2.75) is 246 Å². The minimum atomic E-state index is -0.205. The molecule has 0 fully saturated rings. The number of unbranched alkanes of at least 4 members (excludes halogenated alkanes) is 24. The first-order valence-corrected chi connectivity index (χ1v) is 27.1.